The molecule has 0 atom stereocenters. The molecule has 0 spiro atoms. The van der Waals surface area contributed by atoms with Gasteiger partial charge in [0.15, 0.2) is 11.5 Å². The zero-order chi connectivity index (χ0) is 11.7. The fraction of sp³-hybridized carbons (Fsp3) is 0.100. The van der Waals surface area contributed by atoms with Crippen LogP contribution in [0.3, 0.4) is 0 Å². The molecular formula is C10H10ClN3O2. The first-order valence-electron chi connectivity index (χ1n) is 4.49. The molecule has 0 aliphatic heterocycles. The molecular weight excluding hydrogens is 230 g/mol. The average molecular weight is 240 g/mol. The molecule has 1 aromatic heterocycles. The molecule has 4 N–H and O–H groups in total. The van der Waals surface area contributed by atoms with Gasteiger partial charge < -0.3 is 15.6 Å². The van der Waals surface area contributed by atoms with Crippen LogP contribution >= 0.6 is 11.6 Å². The number of nitrogens with zero attached hydrogens (tertiary/aromatic N) is 1. The van der Waals surface area contributed by atoms with Crippen molar-refractivity contribution in [2.75, 3.05) is 12.8 Å². The summed E-state index contributed by atoms with van der Waals surface area (Å²) in [5.41, 5.74) is 6.74. The molecule has 1 heterocycles. The van der Waals surface area contributed by atoms with Gasteiger partial charge in [0.25, 0.3) is 0 Å². The Kier molecular flexibility index (Phi) is 2.62. The van der Waals surface area contributed by atoms with Crippen molar-refractivity contribution in [1.82, 2.24) is 10.2 Å². The molecule has 0 unspecified atom stereocenters. The van der Waals surface area contributed by atoms with Crippen LogP contribution in [0, 0.1) is 0 Å². The molecule has 2 aromatic rings. The van der Waals surface area contributed by atoms with Crippen LogP contribution in [-0.4, -0.2) is 22.4 Å². The Labute approximate surface area is 96.8 Å². The molecule has 0 amide bonds. The van der Waals surface area contributed by atoms with Gasteiger partial charge >= 0.3 is 0 Å². The summed E-state index contributed by atoms with van der Waals surface area (Å²) in [6.07, 6.45) is 0. The van der Waals surface area contributed by atoms with Crippen LogP contribution in [-0.2, 0) is 0 Å². The first kappa shape index (κ1) is 10.6. The van der Waals surface area contributed by atoms with Crippen molar-refractivity contribution in [3.63, 3.8) is 0 Å². The van der Waals surface area contributed by atoms with Crippen LogP contribution in [0.5, 0.6) is 11.5 Å². The molecule has 0 saturated heterocycles. The van der Waals surface area contributed by atoms with Crippen molar-refractivity contribution in [1.29, 1.82) is 0 Å². The first-order chi connectivity index (χ1) is 7.61. The molecule has 5 nitrogen and oxygen atoms in total. The molecule has 0 aliphatic rings. The van der Waals surface area contributed by atoms with E-state index in [-0.39, 0.29) is 5.75 Å². The molecule has 0 saturated carbocycles. The van der Waals surface area contributed by atoms with Gasteiger partial charge in [-0.15, -0.1) is 0 Å². The Balaban J connectivity index is 2.54. The van der Waals surface area contributed by atoms with Gasteiger partial charge in [-0.2, -0.15) is 5.10 Å². The lowest BCUT2D eigenvalue weighted by atomic mass is 10.1. The second kappa shape index (κ2) is 3.94. The van der Waals surface area contributed by atoms with E-state index in [9.17, 15) is 5.11 Å². The Morgan fingerprint density at radius 3 is 2.75 bits per heavy atom. The number of phenols is 1. The van der Waals surface area contributed by atoms with Crippen molar-refractivity contribution in [2.24, 2.45) is 0 Å². The number of nitrogens with two attached hydrogens (primary N) is 1. The van der Waals surface area contributed by atoms with E-state index in [2.05, 4.69) is 10.2 Å². The number of halogens is 1. The Morgan fingerprint density at radius 1 is 1.44 bits per heavy atom. The monoisotopic (exact) mass is 239 g/mol. The van der Waals surface area contributed by atoms with E-state index in [1.807, 2.05) is 0 Å². The number of hydrogen-bond donors (Lipinski definition) is 3. The molecule has 6 heteroatoms. The SMILES string of the molecule is COc1cc(Cl)c(-c2cc(N)n[nH]2)cc1O. The highest BCUT2D eigenvalue weighted by Crippen LogP contribution is 2.37. The highest BCUT2D eigenvalue weighted by Gasteiger charge is 2.11. The maximum Gasteiger partial charge on any atom is 0.162 e. The van der Waals surface area contributed by atoms with E-state index in [0.717, 1.165) is 0 Å². The fourth-order valence-electron chi connectivity index (χ4n) is 1.39. The minimum absolute atomic E-state index is 0.00933. The maximum atomic E-state index is 9.63. The lowest BCUT2D eigenvalue weighted by Gasteiger charge is -2.07. The second-order valence-corrected chi connectivity index (χ2v) is 3.62. The summed E-state index contributed by atoms with van der Waals surface area (Å²) < 4.78 is 4.94. The van der Waals surface area contributed by atoms with E-state index in [0.29, 0.717) is 27.8 Å². The third kappa shape index (κ3) is 1.77. The van der Waals surface area contributed by atoms with E-state index < -0.39 is 0 Å². The standard InChI is InChI=1S/C10H10ClN3O2/c1-16-9-3-6(11)5(2-8(9)15)7-4-10(12)14-13-7/h2-4,15H,1H3,(H3,12,13,14). The lowest BCUT2D eigenvalue weighted by molar-refractivity contribution is 0.373. The van der Waals surface area contributed by atoms with Crippen LogP contribution in [0.15, 0.2) is 18.2 Å². The number of nitrogen functional groups attached to an aromatic ring is 1. The predicted octanol–water partition coefficient (Wildman–Crippen LogP) is 2.03. The summed E-state index contributed by atoms with van der Waals surface area (Å²) in [6.45, 7) is 0. The quantitative estimate of drug-likeness (QED) is 0.749. The highest BCUT2D eigenvalue weighted by atomic mass is 35.5. The van der Waals surface area contributed by atoms with Gasteiger partial charge in [-0.25, -0.2) is 0 Å². The van der Waals surface area contributed by atoms with Crippen LogP contribution in [0.2, 0.25) is 5.02 Å². The predicted molar refractivity (Wildman–Crippen MR) is 61.7 cm³/mol. The number of aromatic hydroxyl groups is 1. The van der Waals surface area contributed by atoms with Crippen molar-refractivity contribution in [3.8, 4) is 22.8 Å². The molecule has 84 valence electrons. The fourth-order valence-corrected chi connectivity index (χ4v) is 1.64. The van der Waals surface area contributed by atoms with Crippen LogP contribution in [0.4, 0.5) is 5.82 Å². The third-order valence-electron chi connectivity index (χ3n) is 2.16. The number of hydrogen-bond acceptors (Lipinski definition) is 4. The third-order valence-corrected chi connectivity index (χ3v) is 2.47. The summed E-state index contributed by atoms with van der Waals surface area (Å²) in [7, 11) is 1.46. The molecule has 2 rings (SSSR count). The number of aromatic amines is 1. The Bertz CT molecular complexity index is 525. The van der Waals surface area contributed by atoms with Crippen LogP contribution < -0.4 is 10.5 Å². The van der Waals surface area contributed by atoms with Gasteiger partial charge in [0.2, 0.25) is 0 Å². The van der Waals surface area contributed by atoms with Gasteiger partial charge in [-0.1, -0.05) is 11.6 Å². The van der Waals surface area contributed by atoms with E-state index in [1.165, 1.54) is 19.2 Å². The van der Waals surface area contributed by atoms with Crippen molar-refractivity contribution < 1.29 is 9.84 Å². The number of nitrogens with one attached hydrogen (secondary N) is 1. The molecule has 0 aliphatic carbocycles. The zero-order valence-corrected chi connectivity index (χ0v) is 9.25. The molecule has 0 radical (unpaired) electrons. The number of phenolic OH excluding ortho intramolecular Hbond substituents is 1. The average Bonchev–Trinajstić information content (AvgIpc) is 2.67. The zero-order valence-electron chi connectivity index (χ0n) is 8.49. The Morgan fingerprint density at radius 2 is 2.19 bits per heavy atom. The van der Waals surface area contributed by atoms with E-state index >= 15 is 0 Å². The minimum Gasteiger partial charge on any atom is -0.504 e. The number of ether oxygens (including phenoxy) is 1. The van der Waals surface area contributed by atoms with Gasteiger partial charge in [-0.05, 0) is 6.07 Å². The second-order valence-electron chi connectivity index (χ2n) is 3.21. The Hall–Kier alpha value is -1.88. The molecule has 0 bridgehead atoms. The maximum absolute atomic E-state index is 9.63. The summed E-state index contributed by atoms with van der Waals surface area (Å²) in [6, 6.07) is 4.66. The summed E-state index contributed by atoms with van der Waals surface area (Å²) >= 11 is 6.04. The summed E-state index contributed by atoms with van der Waals surface area (Å²) in [4.78, 5) is 0. The number of benzene rings is 1. The highest BCUT2D eigenvalue weighted by molar-refractivity contribution is 6.33. The first-order valence-corrected chi connectivity index (χ1v) is 4.87. The van der Waals surface area contributed by atoms with Gasteiger partial charge in [0, 0.05) is 17.7 Å². The van der Waals surface area contributed by atoms with E-state index in [1.54, 1.807) is 6.07 Å². The topological polar surface area (TPSA) is 84.2 Å². The van der Waals surface area contributed by atoms with Gasteiger partial charge in [0.05, 0.1) is 17.8 Å². The summed E-state index contributed by atoms with van der Waals surface area (Å²) in [5.74, 6) is 0.692. The number of methoxy groups -OCH3 is 1. The van der Waals surface area contributed by atoms with Crippen LogP contribution in [0.25, 0.3) is 11.3 Å². The van der Waals surface area contributed by atoms with Gasteiger partial charge in [-0.3, -0.25) is 5.10 Å². The van der Waals surface area contributed by atoms with Crippen molar-refractivity contribution >= 4 is 17.4 Å². The van der Waals surface area contributed by atoms with Crippen molar-refractivity contribution in [2.45, 2.75) is 0 Å². The van der Waals surface area contributed by atoms with Gasteiger partial charge in [0.1, 0.15) is 5.82 Å². The van der Waals surface area contributed by atoms with E-state index in [4.69, 9.17) is 22.1 Å². The van der Waals surface area contributed by atoms with Crippen LogP contribution in [0.1, 0.15) is 0 Å². The lowest BCUT2D eigenvalue weighted by Crippen LogP contribution is -1.86. The van der Waals surface area contributed by atoms with Crippen molar-refractivity contribution in [3.05, 3.63) is 23.2 Å². The number of anilines is 1. The molecule has 16 heavy (non-hydrogen) atoms. The molecule has 1 aromatic carbocycles. The normalized spacial score (nSPS) is 10.4. The largest absolute Gasteiger partial charge is 0.504 e. The molecule has 0 fully saturated rings. The number of rotatable bonds is 2. The minimum atomic E-state index is 0.00933. The number of aromatic nitrogens is 2. The smallest absolute Gasteiger partial charge is 0.162 e. The summed E-state index contributed by atoms with van der Waals surface area (Å²) in [5, 5.41) is 16.6. The number of H-pyrrole nitrogens is 1.